The number of aliphatic hydroxyl groups is 1. The predicted molar refractivity (Wildman–Crippen MR) is 69.3 cm³/mol. The van der Waals surface area contributed by atoms with Crippen LogP contribution in [0.4, 0.5) is 4.39 Å². The summed E-state index contributed by atoms with van der Waals surface area (Å²) in [4.78, 5) is 24.4. The summed E-state index contributed by atoms with van der Waals surface area (Å²) in [6.45, 7) is -0.623. The number of likely N-dealkylation sites (N-methyl/N-ethyl adjacent to an activating group) is 1. The molecule has 1 N–H and O–H groups in total. The first-order valence-corrected chi connectivity index (χ1v) is 5.71. The number of benzene rings is 1. The molecule has 106 valence electrons. The van der Waals surface area contributed by atoms with Crippen molar-refractivity contribution in [3.05, 3.63) is 35.1 Å². The van der Waals surface area contributed by atoms with Crippen LogP contribution in [0.25, 0.3) is 0 Å². The zero-order valence-corrected chi connectivity index (χ0v) is 11.1. The maximum absolute atomic E-state index is 13.2. The SMILES string of the molecule is COC(=O)CN(C)C(=O)c1ccc(F)cc1C#CCO. The number of esters is 1. The summed E-state index contributed by atoms with van der Waals surface area (Å²) in [6, 6.07) is 3.51. The molecule has 0 bridgehead atoms. The van der Waals surface area contributed by atoms with Gasteiger partial charge in [-0.2, -0.15) is 0 Å². The fourth-order valence-corrected chi connectivity index (χ4v) is 1.48. The molecule has 6 heteroatoms. The Morgan fingerprint density at radius 3 is 2.75 bits per heavy atom. The number of carbonyl (C=O) groups excluding carboxylic acids is 2. The number of carbonyl (C=O) groups is 2. The van der Waals surface area contributed by atoms with Crippen molar-refractivity contribution in [1.29, 1.82) is 0 Å². The van der Waals surface area contributed by atoms with Gasteiger partial charge in [-0.1, -0.05) is 11.8 Å². The van der Waals surface area contributed by atoms with Gasteiger partial charge < -0.3 is 14.7 Å². The van der Waals surface area contributed by atoms with Crippen LogP contribution in [0.3, 0.4) is 0 Å². The van der Waals surface area contributed by atoms with Crippen LogP contribution >= 0.6 is 0 Å². The molecule has 0 aliphatic carbocycles. The van der Waals surface area contributed by atoms with E-state index in [2.05, 4.69) is 16.6 Å². The first kappa shape index (κ1) is 15.7. The second kappa shape index (κ2) is 7.26. The molecular weight excluding hydrogens is 265 g/mol. The van der Waals surface area contributed by atoms with Crippen molar-refractivity contribution in [1.82, 2.24) is 4.90 Å². The molecule has 0 saturated heterocycles. The van der Waals surface area contributed by atoms with Gasteiger partial charge >= 0.3 is 5.97 Å². The molecule has 1 aromatic carbocycles. The Kier molecular flexibility index (Phi) is 5.69. The molecule has 20 heavy (non-hydrogen) atoms. The van der Waals surface area contributed by atoms with Crippen molar-refractivity contribution in [2.24, 2.45) is 0 Å². The highest BCUT2D eigenvalue weighted by Crippen LogP contribution is 2.12. The van der Waals surface area contributed by atoms with Gasteiger partial charge in [-0.25, -0.2) is 4.39 Å². The van der Waals surface area contributed by atoms with Gasteiger partial charge in [0.1, 0.15) is 19.0 Å². The van der Waals surface area contributed by atoms with Gasteiger partial charge in [0.15, 0.2) is 0 Å². The maximum Gasteiger partial charge on any atom is 0.325 e. The Hall–Kier alpha value is -2.39. The average molecular weight is 279 g/mol. The van der Waals surface area contributed by atoms with Crippen molar-refractivity contribution in [2.75, 3.05) is 27.3 Å². The minimum Gasteiger partial charge on any atom is -0.468 e. The Balaban J connectivity index is 3.05. The number of hydrogen-bond donors (Lipinski definition) is 1. The summed E-state index contributed by atoms with van der Waals surface area (Å²) >= 11 is 0. The molecule has 0 spiro atoms. The Morgan fingerprint density at radius 1 is 1.45 bits per heavy atom. The molecule has 0 aromatic heterocycles. The van der Waals surface area contributed by atoms with E-state index in [0.717, 1.165) is 17.0 Å². The van der Waals surface area contributed by atoms with Gasteiger partial charge in [0.25, 0.3) is 5.91 Å². The summed E-state index contributed by atoms with van der Waals surface area (Å²) in [6.07, 6.45) is 0. The van der Waals surface area contributed by atoms with Gasteiger partial charge in [-0.15, -0.1) is 0 Å². The van der Waals surface area contributed by atoms with Gasteiger partial charge in [0, 0.05) is 12.6 Å². The molecule has 0 aliphatic heterocycles. The van der Waals surface area contributed by atoms with Gasteiger partial charge in [0.05, 0.1) is 12.7 Å². The number of ether oxygens (including phenoxy) is 1. The largest absolute Gasteiger partial charge is 0.468 e. The van der Waals surface area contributed by atoms with E-state index < -0.39 is 24.3 Å². The van der Waals surface area contributed by atoms with Crippen molar-refractivity contribution >= 4 is 11.9 Å². The van der Waals surface area contributed by atoms with Crippen LogP contribution in [0.5, 0.6) is 0 Å². The van der Waals surface area contributed by atoms with Crippen molar-refractivity contribution in [3.8, 4) is 11.8 Å². The lowest BCUT2D eigenvalue weighted by Crippen LogP contribution is -2.33. The minimum absolute atomic E-state index is 0.152. The second-order valence-corrected chi connectivity index (χ2v) is 3.89. The van der Waals surface area contributed by atoms with Crippen LogP contribution in [-0.4, -0.2) is 49.2 Å². The van der Waals surface area contributed by atoms with Crippen LogP contribution < -0.4 is 0 Å². The van der Waals surface area contributed by atoms with Gasteiger partial charge in [-0.3, -0.25) is 9.59 Å². The number of rotatable bonds is 3. The second-order valence-electron chi connectivity index (χ2n) is 3.89. The molecule has 0 atom stereocenters. The van der Waals surface area contributed by atoms with E-state index in [9.17, 15) is 14.0 Å². The van der Waals surface area contributed by atoms with E-state index in [1.807, 2.05) is 0 Å². The molecule has 1 amide bonds. The van der Waals surface area contributed by atoms with Crippen molar-refractivity contribution in [2.45, 2.75) is 0 Å². The maximum atomic E-state index is 13.2. The lowest BCUT2D eigenvalue weighted by Gasteiger charge is -2.16. The smallest absolute Gasteiger partial charge is 0.325 e. The van der Waals surface area contributed by atoms with Gasteiger partial charge in [0.2, 0.25) is 0 Å². The molecule has 0 aliphatic rings. The number of hydrogen-bond acceptors (Lipinski definition) is 4. The predicted octanol–water partition coefficient (Wildman–Crippen LogP) is 0.414. The molecule has 0 unspecified atom stereocenters. The Bertz CT molecular complexity index is 574. The molecule has 0 radical (unpaired) electrons. The van der Waals surface area contributed by atoms with Crippen LogP contribution in [0.1, 0.15) is 15.9 Å². The minimum atomic E-state index is -0.564. The molecule has 0 saturated carbocycles. The third-order valence-corrected chi connectivity index (χ3v) is 2.45. The highest BCUT2D eigenvalue weighted by Gasteiger charge is 2.18. The van der Waals surface area contributed by atoms with Crippen LogP contribution in [0.2, 0.25) is 0 Å². The van der Waals surface area contributed by atoms with Gasteiger partial charge in [-0.05, 0) is 18.2 Å². The molecule has 0 fully saturated rings. The molecule has 0 heterocycles. The fraction of sp³-hybridized carbons (Fsp3) is 0.286. The number of methoxy groups -OCH3 is 1. The lowest BCUT2D eigenvalue weighted by atomic mass is 10.1. The van der Waals surface area contributed by atoms with Crippen LogP contribution in [0, 0.1) is 17.7 Å². The monoisotopic (exact) mass is 279 g/mol. The number of aliphatic hydroxyl groups excluding tert-OH is 1. The zero-order valence-electron chi connectivity index (χ0n) is 11.1. The van der Waals surface area contributed by atoms with E-state index in [1.54, 1.807) is 0 Å². The fourth-order valence-electron chi connectivity index (χ4n) is 1.48. The van der Waals surface area contributed by atoms with Crippen molar-refractivity contribution < 1.29 is 23.8 Å². The topological polar surface area (TPSA) is 66.8 Å². The summed E-state index contributed by atoms with van der Waals surface area (Å²) in [5.41, 5.74) is 0.305. The van der Waals surface area contributed by atoms with Crippen LogP contribution in [-0.2, 0) is 9.53 Å². The third-order valence-electron chi connectivity index (χ3n) is 2.45. The van der Waals surface area contributed by atoms with E-state index in [1.165, 1.54) is 20.2 Å². The van der Waals surface area contributed by atoms with E-state index in [-0.39, 0.29) is 17.7 Å². The van der Waals surface area contributed by atoms with Crippen LogP contribution in [0.15, 0.2) is 18.2 Å². The summed E-state index contributed by atoms with van der Waals surface area (Å²) < 4.78 is 17.6. The standard InChI is InChI=1S/C14H14FNO4/c1-16(9-13(18)20-2)14(19)12-6-5-11(15)8-10(12)4-3-7-17/h5-6,8,17H,7,9H2,1-2H3. The zero-order chi connectivity index (χ0) is 15.1. The first-order valence-electron chi connectivity index (χ1n) is 5.71. The summed E-state index contributed by atoms with van der Waals surface area (Å²) in [7, 11) is 2.64. The van der Waals surface area contributed by atoms with Crippen molar-refractivity contribution in [3.63, 3.8) is 0 Å². The molecule has 1 aromatic rings. The van der Waals surface area contributed by atoms with E-state index in [0.29, 0.717) is 0 Å². The molecule has 1 rings (SSSR count). The number of amides is 1. The Labute approximate surface area is 116 Å². The lowest BCUT2D eigenvalue weighted by molar-refractivity contribution is -0.141. The Morgan fingerprint density at radius 2 is 2.15 bits per heavy atom. The molecule has 5 nitrogen and oxygen atoms in total. The summed E-state index contributed by atoms with van der Waals surface area (Å²) in [5, 5.41) is 8.66. The summed E-state index contributed by atoms with van der Waals surface area (Å²) in [5.74, 6) is 3.26. The highest BCUT2D eigenvalue weighted by atomic mass is 19.1. The third kappa shape index (κ3) is 4.07. The highest BCUT2D eigenvalue weighted by molar-refractivity contribution is 5.98. The quantitative estimate of drug-likeness (QED) is 0.643. The van der Waals surface area contributed by atoms with E-state index in [4.69, 9.17) is 5.11 Å². The molecular formula is C14H14FNO4. The normalized spacial score (nSPS) is 9.40. The van der Waals surface area contributed by atoms with E-state index >= 15 is 0 Å². The first-order chi connectivity index (χ1) is 9.49. The average Bonchev–Trinajstić information content (AvgIpc) is 2.44. The number of halogens is 1. The number of nitrogens with zero attached hydrogens (tertiary/aromatic N) is 1.